The summed E-state index contributed by atoms with van der Waals surface area (Å²) in [5.41, 5.74) is 1.16. The molecule has 2 fully saturated rings. The molecule has 1 atom stereocenters. The Hall–Kier alpha value is -2.40. The van der Waals surface area contributed by atoms with Gasteiger partial charge in [-0.25, -0.2) is 0 Å². The summed E-state index contributed by atoms with van der Waals surface area (Å²) in [6.07, 6.45) is 4.19. The van der Waals surface area contributed by atoms with Crippen LogP contribution in [-0.2, 0) is 4.79 Å². The third-order valence-electron chi connectivity index (χ3n) is 5.74. The summed E-state index contributed by atoms with van der Waals surface area (Å²) in [4.78, 5) is 27.6. The first-order valence-electron chi connectivity index (χ1n) is 10.0. The van der Waals surface area contributed by atoms with Gasteiger partial charge in [-0.3, -0.25) is 14.5 Å². The van der Waals surface area contributed by atoms with Gasteiger partial charge >= 0.3 is 0 Å². The van der Waals surface area contributed by atoms with E-state index >= 15 is 0 Å². The summed E-state index contributed by atoms with van der Waals surface area (Å²) in [7, 11) is 0. The van der Waals surface area contributed by atoms with Crippen LogP contribution in [0.5, 0.6) is 0 Å². The van der Waals surface area contributed by atoms with Crippen molar-refractivity contribution in [3.05, 3.63) is 42.0 Å². The number of hydrogen-bond acceptors (Lipinski definition) is 3. The van der Waals surface area contributed by atoms with E-state index in [0.717, 1.165) is 43.1 Å². The lowest BCUT2D eigenvalue weighted by Crippen LogP contribution is -2.40. The maximum Gasteiger partial charge on any atom is 0.253 e. The monoisotopic (exact) mass is 365 g/mol. The summed E-state index contributed by atoms with van der Waals surface area (Å²) in [6, 6.07) is 12.1. The second-order valence-corrected chi connectivity index (χ2v) is 7.64. The first-order valence-corrected chi connectivity index (χ1v) is 10.0. The Kier molecular flexibility index (Phi) is 5.12. The van der Waals surface area contributed by atoms with Crippen molar-refractivity contribution in [1.82, 2.24) is 10.2 Å². The fourth-order valence-electron chi connectivity index (χ4n) is 3.96. The number of rotatable bonds is 6. The van der Waals surface area contributed by atoms with Crippen molar-refractivity contribution >= 4 is 28.3 Å². The maximum atomic E-state index is 12.9. The Balaban J connectivity index is 1.56. The van der Waals surface area contributed by atoms with Gasteiger partial charge in [0, 0.05) is 18.5 Å². The minimum absolute atomic E-state index is 0.0206. The topological polar surface area (TPSA) is 61.4 Å². The predicted molar refractivity (Wildman–Crippen MR) is 108 cm³/mol. The van der Waals surface area contributed by atoms with Gasteiger partial charge in [-0.1, -0.05) is 31.2 Å². The summed E-state index contributed by atoms with van der Waals surface area (Å²) in [5.74, 6) is 0.00562. The zero-order valence-corrected chi connectivity index (χ0v) is 15.8. The number of nitrogens with one attached hydrogen (secondary N) is 2. The molecule has 0 radical (unpaired) electrons. The minimum Gasteiger partial charge on any atom is -0.350 e. The molecule has 0 bridgehead atoms. The fourth-order valence-corrected chi connectivity index (χ4v) is 3.96. The highest BCUT2D eigenvalue weighted by Crippen LogP contribution is 2.32. The number of nitrogens with zero attached hydrogens (tertiary/aromatic N) is 1. The van der Waals surface area contributed by atoms with E-state index in [9.17, 15) is 9.59 Å². The molecule has 5 heteroatoms. The van der Waals surface area contributed by atoms with E-state index in [4.69, 9.17) is 0 Å². The highest BCUT2D eigenvalue weighted by atomic mass is 16.2. The van der Waals surface area contributed by atoms with Gasteiger partial charge in [0.2, 0.25) is 5.91 Å². The van der Waals surface area contributed by atoms with Crippen molar-refractivity contribution in [1.29, 1.82) is 0 Å². The van der Waals surface area contributed by atoms with Crippen LogP contribution in [0.3, 0.4) is 0 Å². The Labute approximate surface area is 160 Å². The van der Waals surface area contributed by atoms with E-state index < -0.39 is 0 Å². The molecule has 0 unspecified atom stereocenters. The van der Waals surface area contributed by atoms with Gasteiger partial charge in [0.1, 0.15) is 0 Å². The third-order valence-corrected chi connectivity index (χ3v) is 5.74. The van der Waals surface area contributed by atoms with Crippen LogP contribution < -0.4 is 10.6 Å². The summed E-state index contributed by atoms with van der Waals surface area (Å²) >= 11 is 0. The van der Waals surface area contributed by atoms with Gasteiger partial charge in [0.15, 0.2) is 0 Å². The number of fused-ring (bicyclic) bond motifs is 1. The molecule has 1 aliphatic heterocycles. The van der Waals surface area contributed by atoms with Crippen LogP contribution in [0, 0.1) is 5.92 Å². The normalized spacial score (nSPS) is 20.0. The second-order valence-electron chi connectivity index (χ2n) is 7.64. The van der Waals surface area contributed by atoms with Crippen molar-refractivity contribution in [2.75, 3.05) is 25.0 Å². The highest BCUT2D eigenvalue weighted by molar-refractivity contribution is 6.08. The largest absolute Gasteiger partial charge is 0.350 e. The highest BCUT2D eigenvalue weighted by Gasteiger charge is 2.30. The number of benzene rings is 2. The number of likely N-dealkylation sites (tertiary alicyclic amines) is 1. The summed E-state index contributed by atoms with van der Waals surface area (Å²) < 4.78 is 0. The van der Waals surface area contributed by atoms with E-state index in [2.05, 4.69) is 22.5 Å². The standard InChI is InChI=1S/C22H27N3O2/c1-2-25-11-5-8-18(25)14-23-22(27)19-12-16-6-3-4-7-17(16)13-20(19)24-21(26)15-9-10-15/h3-4,6-7,12-13,15,18H,2,5,8-11,14H2,1H3,(H,23,27)(H,24,26)/t18-/m0/s1. The van der Waals surface area contributed by atoms with Crippen LogP contribution in [0.15, 0.2) is 36.4 Å². The Bertz CT molecular complexity index is 860. The van der Waals surface area contributed by atoms with Crippen LogP contribution >= 0.6 is 0 Å². The van der Waals surface area contributed by atoms with Crippen molar-refractivity contribution in [3.63, 3.8) is 0 Å². The molecule has 1 aliphatic carbocycles. The van der Waals surface area contributed by atoms with Gasteiger partial charge in [0.25, 0.3) is 5.91 Å². The number of likely N-dealkylation sites (N-methyl/N-ethyl adjacent to an activating group) is 1. The van der Waals surface area contributed by atoms with Gasteiger partial charge in [-0.05, 0) is 61.7 Å². The van der Waals surface area contributed by atoms with Gasteiger partial charge in [-0.15, -0.1) is 0 Å². The van der Waals surface area contributed by atoms with E-state index in [-0.39, 0.29) is 17.7 Å². The zero-order valence-electron chi connectivity index (χ0n) is 15.8. The molecule has 2 amide bonds. The van der Waals surface area contributed by atoms with Gasteiger partial charge < -0.3 is 10.6 Å². The fraction of sp³-hybridized carbons (Fsp3) is 0.455. The molecule has 5 nitrogen and oxygen atoms in total. The number of anilines is 1. The quantitative estimate of drug-likeness (QED) is 0.825. The predicted octanol–water partition coefficient (Wildman–Crippen LogP) is 3.40. The first-order chi connectivity index (χ1) is 13.2. The smallest absolute Gasteiger partial charge is 0.253 e. The molecule has 1 saturated carbocycles. The third kappa shape index (κ3) is 3.98. The van der Waals surface area contributed by atoms with Crippen LogP contribution in [-0.4, -0.2) is 42.4 Å². The van der Waals surface area contributed by atoms with Crippen molar-refractivity contribution in [2.45, 2.75) is 38.6 Å². The van der Waals surface area contributed by atoms with Crippen LogP contribution in [0.1, 0.15) is 43.0 Å². The lowest BCUT2D eigenvalue weighted by molar-refractivity contribution is -0.117. The Morgan fingerprint density at radius 3 is 2.56 bits per heavy atom. The molecule has 2 aromatic rings. The number of carbonyl (C=O) groups is 2. The minimum atomic E-state index is -0.116. The SMILES string of the molecule is CCN1CCC[C@H]1CNC(=O)c1cc2ccccc2cc1NC(=O)C1CC1. The van der Waals surface area contributed by atoms with E-state index in [1.807, 2.05) is 36.4 Å². The first kappa shape index (κ1) is 18.0. The van der Waals surface area contributed by atoms with Gasteiger partial charge in [0.05, 0.1) is 11.3 Å². The van der Waals surface area contributed by atoms with Crippen molar-refractivity contribution in [2.24, 2.45) is 5.92 Å². The lowest BCUT2D eigenvalue weighted by atomic mass is 10.0. The molecular weight excluding hydrogens is 338 g/mol. The van der Waals surface area contributed by atoms with E-state index in [1.54, 1.807) is 0 Å². The molecular formula is C22H27N3O2. The Morgan fingerprint density at radius 1 is 1.11 bits per heavy atom. The molecule has 1 heterocycles. The lowest BCUT2D eigenvalue weighted by Gasteiger charge is -2.23. The molecule has 4 rings (SSSR count). The molecule has 27 heavy (non-hydrogen) atoms. The summed E-state index contributed by atoms with van der Waals surface area (Å²) in [6.45, 7) is 4.93. The zero-order chi connectivity index (χ0) is 18.8. The molecule has 2 aliphatic rings. The average Bonchev–Trinajstić information content (AvgIpc) is 3.44. The number of hydrogen-bond donors (Lipinski definition) is 2. The molecule has 2 N–H and O–H groups in total. The second kappa shape index (κ2) is 7.69. The summed E-state index contributed by atoms with van der Waals surface area (Å²) in [5, 5.41) is 8.10. The molecule has 142 valence electrons. The van der Waals surface area contributed by atoms with Crippen molar-refractivity contribution in [3.8, 4) is 0 Å². The van der Waals surface area contributed by atoms with E-state index in [0.29, 0.717) is 23.8 Å². The average molecular weight is 365 g/mol. The number of carbonyl (C=O) groups excluding carboxylic acids is 2. The number of amides is 2. The van der Waals surface area contributed by atoms with E-state index in [1.165, 1.54) is 6.42 Å². The molecule has 1 saturated heterocycles. The maximum absolute atomic E-state index is 12.9. The Morgan fingerprint density at radius 2 is 1.85 bits per heavy atom. The van der Waals surface area contributed by atoms with Crippen LogP contribution in [0.25, 0.3) is 10.8 Å². The molecule has 0 spiro atoms. The van der Waals surface area contributed by atoms with Crippen LogP contribution in [0.4, 0.5) is 5.69 Å². The van der Waals surface area contributed by atoms with Gasteiger partial charge in [-0.2, -0.15) is 0 Å². The molecule has 0 aromatic heterocycles. The van der Waals surface area contributed by atoms with Crippen LogP contribution in [0.2, 0.25) is 0 Å². The molecule has 2 aromatic carbocycles. The van der Waals surface area contributed by atoms with Crippen molar-refractivity contribution < 1.29 is 9.59 Å².